The molecular formula is C10H16N2O2. The predicted octanol–water partition coefficient (Wildman–Crippen LogP) is 1.12. The van der Waals surface area contributed by atoms with Gasteiger partial charge in [-0.3, -0.25) is 9.36 Å². The van der Waals surface area contributed by atoms with Crippen molar-refractivity contribution in [3.05, 3.63) is 28.2 Å². The Labute approximate surface area is 83.3 Å². The van der Waals surface area contributed by atoms with E-state index in [0.29, 0.717) is 5.69 Å². The number of ether oxygens (including phenoxy) is 1. The molecule has 0 bridgehead atoms. The molecule has 1 aromatic heterocycles. The van der Waals surface area contributed by atoms with Crippen molar-refractivity contribution in [3.8, 4) is 0 Å². The molecule has 4 nitrogen and oxygen atoms in total. The number of nitrogen functional groups attached to an aromatic ring is 1. The molecule has 4 heteroatoms. The van der Waals surface area contributed by atoms with Gasteiger partial charge >= 0.3 is 0 Å². The van der Waals surface area contributed by atoms with Gasteiger partial charge in [-0.2, -0.15) is 0 Å². The number of nitrogens with zero attached hydrogens (tertiary/aromatic N) is 1. The maximum Gasteiger partial charge on any atom is 0.252 e. The first-order valence-corrected chi connectivity index (χ1v) is 4.59. The van der Waals surface area contributed by atoms with Crippen LogP contribution in [-0.2, 0) is 11.5 Å². The molecule has 0 aromatic carbocycles. The lowest BCUT2D eigenvalue weighted by atomic mass is 10.2. The van der Waals surface area contributed by atoms with Crippen LogP contribution in [0.5, 0.6) is 0 Å². The summed E-state index contributed by atoms with van der Waals surface area (Å²) < 4.78 is 6.77. The summed E-state index contributed by atoms with van der Waals surface area (Å²) in [6.07, 6.45) is 1.71. The van der Waals surface area contributed by atoms with Crippen LogP contribution in [0.1, 0.15) is 19.4 Å². The molecule has 0 aliphatic rings. The number of nitrogens with two attached hydrogens (primary N) is 1. The molecule has 0 aliphatic carbocycles. The molecule has 0 fully saturated rings. The van der Waals surface area contributed by atoms with Crippen molar-refractivity contribution in [3.63, 3.8) is 0 Å². The van der Waals surface area contributed by atoms with Gasteiger partial charge in [0.05, 0.1) is 11.8 Å². The van der Waals surface area contributed by atoms with E-state index in [1.807, 2.05) is 20.8 Å². The summed E-state index contributed by atoms with van der Waals surface area (Å²) in [5, 5.41) is 0. The molecule has 78 valence electrons. The Morgan fingerprint density at radius 2 is 2.21 bits per heavy atom. The summed E-state index contributed by atoms with van der Waals surface area (Å²) in [7, 11) is 0. The molecule has 0 amide bonds. The third-order valence-electron chi connectivity index (χ3n) is 1.92. The Hall–Kier alpha value is -1.29. The number of aromatic nitrogens is 1. The zero-order chi connectivity index (χ0) is 10.7. The number of pyridine rings is 1. The number of hydrogen-bond acceptors (Lipinski definition) is 3. The summed E-state index contributed by atoms with van der Waals surface area (Å²) in [6, 6.07) is 1.51. The van der Waals surface area contributed by atoms with Crippen LogP contribution < -0.4 is 11.3 Å². The normalized spacial score (nSPS) is 10.9. The second kappa shape index (κ2) is 4.28. The predicted molar refractivity (Wildman–Crippen MR) is 56.1 cm³/mol. The first-order chi connectivity index (χ1) is 6.50. The minimum Gasteiger partial charge on any atom is -0.397 e. The van der Waals surface area contributed by atoms with Crippen molar-refractivity contribution < 1.29 is 4.74 Å². The maximum absolute atomic E-state index is 11.4. The van der Waals surface area contributed by atoms with E-state index in [1.165, 1.54) is 10.6 Å². The van der Waals surface area contributed by atoms with Gasteiger partial charge in [-0.15, -0.1) is 0 Å². The Kier molecular flexibility index (Phi) is 3.30. The summed E-state index contributed by atoms with van der Waals surface area (Å²) in [4.78, 5) is 11.4. The monoisotopic (exact) mass is 196 g/mol. The van der Waals surface area contributed by atoms with Crippen LogP contribution >= 0.6 is 0 Å². The lowest BCUT2D eigenvalue weighted by molar-refractivity contribution is 0.0269. The number of anilines is 1. The zero-order valence-corrected chi connectivity index (χ0v) is 8.78. The largest absolute Gasteiger partial charge is 0.397 e. The van der Waals surface area contributed by atoms with Crippen LogP contribution in [0.2, 0.25) is 0 Å². The topological polar surface area (TPSA) is 57.2 Å². The second-order valence-electron chi connectivity index (χ2n) is 3.56. The maximum atomic E-state index is 11.4. The van der Waals surface area contributed by atoms with E-state index in [-0.39, 0.29) is 18.4 Å². The quantitative estimate of drug-likeness (QED) is 0.788. The van der Waals surface area contributed by atoms with Gasteiger partial charge in [0, 0.05) is 12.3 Å². The average Bonchev–Trinajstić information content (AvgIpc) is 2.09. The summed E-state index contributed by atoms with van der Waals surface area (Å²) in [5.74, 6) is 0. The van der Waals surface area contributed by atoms with Crippen molar-refractivity contribution in [1.29, 1.82) is 0 Å². The SMILES string of the molecule is Cc1cc(=O)n(COC(C)C)cc1N. The third kappa shape index (κ3) is 2.60. The van der Waals surface area contributed by atoms with E-state index >= 15 is 0 Å². The third-order valence-corrected chi connectivity index (χ3v) is 1.92. The van der Waals surface area contributed by atoms with Crippen LogP contribution in [0.15, 0.2) is 17.1 Å². The molecule has 1 heterocycles. The minimum atomic E-state index is -0.0858. The summed E-state index contributed by atoms with van der Waals surface area (Å²) in [6.45, 7) is 5.90. The van der Waals surface area contributed by atoms with E-state index < -0.39 is 0 Å². The zero-order valence-electron chi connectivity index (χ0n) is 8.78. The highest BCUT2D eigenvalue weighted by Gasteiger charge is 2.01. The minimum absolute atomic E-state index is 0.0858. The molecular weight excluding hydrogens is 180 g/mol. The van der Waals surface area contributed by atoms with Crippen LogP contribution in [0.3, 0.4) is 0 Å². The van der Waals surface area contributed by atoms with Crippen LogP contribution in [0.25, 0.3) is 0 Å². The number of rotatable bonds is 3. The van der Waals surface area contributed by atoms with Crippen molar-refractivity contribution in [1.82, 2.24) is 4.57 Å². The second-order valence-corrected chi connectivity index (χ2v) is 3.56. The van der Waals surface area contributed by atoms with Gasteiger partial charge in [0.2, 0.25) is 0 Å². The molecule has 0 unspecified atom stereocenters. The molecule has 0 aliphatic heterocycles. The number of aryl methyl sites for hydroxylation is 1. The molecule has 2 N–H and O–H groups in total. The van der Waals surface area contributed by atoms with Gasteiger partial charge in [0.1, 0.15) is 6.73 Å². The van der Waals surface area contributed by atoms with E-state index in [4.69, 9.17) is 10.5 Å². The van der Waals surface area contributed by atoms with E-state index in [0.717, 1.165) is 5.56 Å². The smallest absolute Gasteiger partial charge is 0.252 e. The first-order valence-electron chi connectivity index (χ1n) is 4.59. The molecule has 0 saturated carbocycles. The molecule has 0 radical (unpaired) electrons. The van der Waals surface area contributed by atoms with Crippen LogP contribution in [0.4, 0.5) is 5.69 Å². The fourth-order valence-electron chi connectivity index (χ4n) is 1.02. The fraction of sp³-hybridized carbons (Fsp3) is 0.500. The number of hydrogen-bond donors (Lipinski definition) is 1. The van der Waals surface area contributed by atoms with Gasteiger partial charge < -0.3 is 10.5 Å². The van der Waals surface area contributed by atoms with Gasteiger partial charge in [0.25, 0.3) is 5.56 Å². The molecule has 0 saturated heterocycles. The van der Waals surface area contributed by atoms with E-state index in [1.54, 1.807) is 6.20 Å². The Balaban J connectivity index is 2.88. The van der Waals surface area contributed by atoms with E-state index in [2.05, 4.69) is 0 Å². The summed E-state index contributed by atoms with van der Waals surface area (Å²) >= 11 is 0. The fourth-order valence-corrected chi connectivity index (χ4v) is 1.02. The highest BCUT2D eigenvalue weighted by molar-refractivity contribution is 5.42. The Morgan fingerprint density at radius 1 is 1.57 bits per heavy atom. The molecule has 1 rings (SSSR count). The Bertz CT molecular complexity index is 369. The molecule has 14 heavy (non-hydrogen) atoms. The van der Waals surface area contributed by atoms with Crippen LogP contribution in [-0.4, -0.2) is 10.7 Å². The van der Waals surface area contributed by atoms with Crippen molar-refractivity contribution in [2.24, 2.45) is 0 Å². The molecule has 0 spiro atoms. The highest BCUT2D eigenvalue weighted by atomic mass is 16.5. The van der Waals surface area contributed by atoms with Gasteiger partial charge in [-0.05, 0) is 26.3 Å². The van der Waals surface area contributed by atoms with Gasteiger partial charge in [-0.1, -0.05) is 0 Å². The summed E-state index contributed by atoms with van der Waals surface area (Å²) in [5.41, 5.74) is 7.00. The molecule has 1 aromatic rings. The average molecular weight is 196 g/mol. The van der Waals surface area contributed by atoms with Gasteiger partial charge in [0.15, 0.2) is 0 Å². The van der Waals surface area contributed by atoms with Crippen molar-refractivity contribution in [2.75, 3.05) is 5.73 Å². The highest BCUT2D eigenvalue weighted by Crippen LogP contribution is 2.05. The van der Waals surface area contributed by atoms with Crippen molar-refractivity contribution >= 4 is 5.69 Å². The lowest BCUT2D eigenvalue weighted by Crippen LogP contribution is -2.22. The van der Waals surface area contributed by atoms with E-state index in [9.17, 15) is 4.79 Å². The van der Waals surface area contributed by atoms with Gasteiger partial charge in [-0.25, -0.2) is 0 Å². The van der Waals surface area contributed by atoms with Crippen molar-refractivity contribution in [2.45, 2.75) is 33.6 Å². The first kappa shape index (κ1) is 10.8. The van der Waals surface area contributed by atoms with Crippen LogP contribution in [0, 0.1) is 6.92 Å². The molecule has 0 atom stereocenters. The Morgan fingerprint density at radius 3 is 2.79 bits per heavy atom. The standard InChI is InChI=1S/C10H16N2O2/c1-7(2)14-6-12-5-9(11)8(3)4-10(12)13/h4-5,7H,6,11H2,1-3H3. The lowest BCUT2D eigenvalue weighted by Gasteiger charge is -2.11.